The molecule has 0 spiro atoms. The zero-order valence-electron chi connectivity index (χ0n) is 10.6. The van der Waals surface area contributed by atoms with Gasteiger partial charge in [-0.1, -0.05) is 6.42 Å². The second kappa shape index (κ2) is 6.45. The number of carbonyl (C=O) groups is 2. The van der Waals surface area contributed by atoms with Crippen molar-refractivity contribution in [3.63, 3.8) is 0 Å². The molecular weight excluding hydrogens is 250 g/mol. The third-order valence-electron chi connectivity index (χ3n) is 3.91. The van der Waals surface area contributed by atoms with Crippen molar-refractivity contribution >= 4 is 23.6 Å². The average molecular weight is 271 g/mol. The minimum absolute atomic E-state index is 0.0528. The lowest BCUT2D eigenvalue weighted by molar-refractivity contribution is -0.145. The first-order valence-corrected chi connectivity index (χ1v) is 7.93. The van der Waals surface area contributed by atoms with E-state index in [1.165, 1.54) is 0 Å². The Kier molecular flexibility index (Phi) is 4.92. The maximum absolute atomic E-state index is 12.4. The SMILES string of the molecule is O=C(O)[C@@H]1CCC[C@H](C(=O)N2CCCSCC2)C1. The van der Waals surface area contributed by atoms with Gasteiger partial charge in [0.05, 0.1) is 5.92 Å². The first-order chi connectivity index (χ1) is 8.68. The van der Waals surface area contributed by atoms with Crippen molar-refractivity contribution in [3.05, 3.63) is 0 Å². The number of carboxylic acids is 1. The molecule has 2 aliphatic rings. The number of aliphatic carboxylic acids is 1. The fourth-order valence-electron chi connectivity index (χ4n) is 2.86. The van der Waals surface area contributed by atoms with Crippen LogP contribution in [0.1, 0.15) is 32.1 Å². The highest BCUT2D eigenvalue weighted by Gasteiger charge is 2.33. The van der Waals surface area contributed by atoms with Crippen molar-refractivity contribution in [2.24, 2.45) is 11.8 Å². The topological polar surface area (TPSA) is 57.6 Å². The molecule has 4 nitrogen and oxygen atoms in total. The van der Waals surface area contributed by atoms with Gasteiger partial charge in [0, 0.05) is 24.8 Å². The molecule has 0 bridgehead atoms. The highest BCUT2D eigenvalue weighted by molar-refractivity contribution is 7.99. The maximum atomic E-state index is 12.4. The van der Waals surface area contributed by atoms with Gasteiger partial charge in [0.15, 0.2) is 0 Å². The van der Waals surface area contributed by atoms with Crippen LogP contribution in [0.15, 0.2) is 0 Å². The summed E-state index contributed by atoms with van der Waals surface area (Å²) in [7, 11) is 0. The number of thioether (sulfide) groups is 1. The van der Waals surface area contributed by atoms with Crippen LogP contribution in [0, 0.1) is 11.8 Å². The third kappa shape index (κ3) is 3.40. The molecular formula is C13H21NO3S. The molecule has 1 saturated carbocycles. The Morgan fingerprint density at radius 3 is 2.61 bits per heavy atom. The predicted molar refractivity (Wildman–Crippen MR) is 71.6 cm³/mol. The standard InChI is InChI=1S/C13H21NO3S/c15-12(14-5-2-7-18-8-6-14)10-3-1-4-11(9-10)13(16)17/h10-11H,1-9H2,(H,16,17)/t10-,11+/m0/s1. The zero-order chi connectivity index (χ0) is 13.0. The number of hydrogen-bond acceptors (Lipinski definition) is 3. The average Bonchev–Trinajstić information content (AvgIpc) is 2.67. The van der Waals surface area contributed by atoms with Gasteiger partial charge in [-0.05, 0) is 31.4 Å². The van der Waals surface area contributed by atoms with Crippen molar-refractivity contribution in [3.8, 4) is 0 Å². The van der Waals surface area contributed by atoms with Gasteiger partial charge in [0.2, 0.25) is 5.91 Å². The Morgan fingerprint density at radius 1 is 1.06 bits per heavy atom. The van der Waals surface area contributed by atoms with Crippen molar-refractivity contribution < 1.29 is 14.7 Å². The Labute approximate surface area is 112 Å². The molecule has 2 fully saturated rings. The van der Waals surface area contributed by atoms with E-state index in [1.54, 1.807) is 0 Å². The predicted octanol–water partition coefficient (Wildman–Crippen LogP) is 1.84. The Bertz CT molecular complexity index is 313. The molecule has 1 heterocycles. The van der Waals surface area contributed by atoms with E-state index in [1.807, 2.05) is 16.7 Å². The summed E-state index contributed by atoms with van der Waals surface area (Å²) in [5.74, 6) is 1.24. The van der Waals surface area contributed by atoms with Crippen molar-refractivity contribution in [2.45, 2.75) is 32.1 Å². The number of nitrogens with zero attached hydrogens (tertiary/aromatic N) is 1. The van der Waals surface area contributed by atoms with Crippen LogP contribution >= 0.6 is 11.8 Å². The molecule has 0 radical (unpaired) electrons. The summed E-state index contributed by atoms with van der Waals surface area (Å²) in [5.41, 5.74) is 0. The van der Waals surface area contributed by atoms with E-state index >= 15 is 0 Å². The van der Waals surface area contributed by atoms with Crippen LogP contribution in [0.3, 0.4) is 0 Å². The van der Waals surface area contributed by atoms with Gasteiger partial charge in [0.1, 0.15) is 0 Å². The van der Waals surface area contributed by atoms with Crippen LogP contribution in [-0.4, -0.2) is 46.5 Å². The lowest BCUT2D eigenvalue weighted by atomic mass is 9.80. The first-order valence-electron chi connectivity index (χ1n) is 6.78. The molecule has 1 aliphatic carbocycles. The van der Waals surface area contributed by atoms with Crippen molar-refractivity contribution in [1.29, 1.82) is 0 Å². The van der Waals surface area contributed by atoms with Crippen molar-refractivity contribution in [2.75, 3.05) is 24.6 Å². The van der Waals surface area contributed by atoms with E-state index in [9.17, 15) is 9.59 Å². The molecule has 1 aliphatic heterocycles. The van der Waals surface area contributed by atoms with Gasteiger partial charge in [-0.2, -0.15) is 11.8 Å². The van der Waals surface area contributed by atoms with Crippen LogP contribution in [0.4, 0.5) is 0 Å². The highest BCUT2D eigenvalue weighted by atomic mass is 32.2. The highest BCUT2D eigenvalue weighted by Crippen LogP contribution is 2.31. The number of amides is 1. The molecule has 2 atom stereocenters. The Balaban J connectivity index is 1.92. The minimum atomic E-state index is -0.737. The van der Waals surface area contributed by atoms with E-state index in [0.29, 0.717) is 6.42 Å². The molecule has 5 heteroatoms. The lowest BCUT2D eigenvalue weighted by Crippen LogP contribution is -2.40. The van der Waals surface area contributed by atoms with Gasteiger partial charge in [-0.15, -0.1) is 0 Å². The Morgan fingerprint density at radius 2 is 1.83 bits per heavy atom. The normalized spacial score (nSPS) is 29.7. The molecule has 0 unspecified atom stereocenters. The smallest absolute Gasteiger partial charge is 0.306 e. The quantitative estimate of drug-likeness (QED) is 0.832. The van der Waals surface area contributed by atoms with Gasteiger partial charge in [0.25, 0.3) is 0 Å². The lowest BCUT2D eigenvalue weighted by Gasteiger charge is -2.30. The van der Waals surface area contributed by atoms with Crippen LogP contribution in [0.2, 0.25) is 0 Å². The van der Waals surface area contributed by atoms with Crippen LogP contribution in [0.5, 0.6) is 0 Å². The fourth-order valence-corrected chi connectivity index (χ4v) is 3.75. The summed E-state index contributed by atoms with van der Waals surface area (Å²) < 4.78 is 0. The number of carbonyl (C=O) groups excluding carboxylic acids is 1. The fraction of sp³-hybridized carbons (Fsp3) is 0.846. The number of hydrogen-bond donors (Lipinski definition) is 1. The van der Waals surface area contributed by atoms with Crippen LogP contribution in [0.25, 0.3) is 0 Å². The molecule has 1 amide bonds. The van der Waals surface area contributed by atoms with E-state index in [2.05, 4.69) is 0 Å². The molecule has 1 N–H and O–H groups in total. The van der Waals surface area contributed by atoms with Gasteiger partial charge >= 0.3 is 5.97 Å². The summed E-state index contributed by atoms with van der Waals surface area (Å²) in [6.45, 7) is 1.68. The summed E-state index contributed by atoms with van der Waals surface area (Å²) >= 11 is 1.90. The third-order valence-corrected chi connectivity index (χ3v) is 4.96. The number of rotatable bonds is 2. The van der Waals surface area contributed by atoms with Gasteiger partial charge < -0.3 is 10.0 Å². The zero-order valence-corrected chi connectivity index (χ0v) is 11.5. The largest absolute Gasteiger partial charge is 0.481 e. The first kappa shape index (κ1) is 13.7. The van der Waals surface area contributed by atoms with E-state index in [0.717, 1.165) is 50.3 Å². The Hall–Kier alpha value is -0.710. The van der Waals surface area contributed by atoms with E-state index in [-0.39, 0.29) is 17.7 Å². The molecule has 18 heavy (non-hydrogen) atoms. The monoisotopic (exact) mass is 271 g/mol. The molecule has 102 valence electrons. The summed E-state index contributed by atoms with van der Waals surface area (Å²) in [4.78, 5) is 25.4. The van der Waals surface area contributed by atoms with E-state index < -0.39 is 5.97 Å². The summed E-state index contributed by atoms with van der Waals surface area (Å²) in [5, 5.41) is 9.06. The second-order valence-electron chi connectivity index (χ2n) is 5.19. The molecule has 2 rings (SSSR count). The van der Waals surface area contributed by atoms with Gasteiger partial charge in [-0.3, -0.25) is 9.59 Å². The van der Waals surface area contributed by atoms with Crippen molar-refractivity contribution in [1.82, 2.24) is 4.90 Å². The second-order valence-corrected chi connectivity index (χ2v) is 6.41. The van der Waals surface area contributed by atoms with Crippen LogP contribution in [-0.2, 0) is 9.59 Å². The maximum Gasteiger partial charge on any atom is 0.306 e. The van der Waals surface area contributed by atoms with Gasteiger partial charge in [-0.25, -0.2) is 0 Å². The van der Waals surface area contributed by atoms with Crippen LogP contribution < -0.4 is 0 Å². The summed E-state index contributed by atoms with van der Waals surface area (Å²) in [6, 6.07) is 0. The number of carboxylic acid groups (broad SMARTS) is 1. The molecule has 0 aromatic carbocycles. The molecule has 0 aromatic rings. The minimum Gasteiger partial charge on any atom is -0.481 e. The van der Waals surface area contributed by atoms with E-state index in [4.69, 9.17) is 5.11 Å². The molecule has 0 aromatic heterocycles. The molecule has 1 saturated heterocycles. The summed E-state index contributed by atoms with van der Waals surface area (Å²) in [6.07, 6.45) is 4.07.